The van der Waals surface area contributed by atoms with Gasteiger partial charge < -0.3 is 10.0 Å². The highest BCUT2D eigenvalue weighted by Crippen LogP contribution is 2.28. The van der Waals surface area contributed by atoms with Gasteiger partial charge in [-0.2, -0.15) is 0 Å². The summed E-state index contributed by atoms with van der Waals surface area (Å²) in [4.78, 5) is 10.3. The molecule has 2 heterocycles. The third-order valence-electron chi connectivity index (χ3n) is 4.64. The Labute approximate surface area is 152 Å². The molecule has 0 radical (unpaired) electrons. The van der Waals surface area contributed by atoms with Crippen molar-refractivity contribution in [3.8, 4) is 0 Å². The number of hydrogen-bond donors (Lipinski definition) is 1. The molecule has 1 N–H and O–H groups in total. The SMILES string of the molecule is CN(C)Cc1cnc(CN2CCC(O)(Cc3cccc(F)c3)CC2)s1. The van der Waals surface area contributed by atoms with E-state index in [-0.39, 0.29) is 5.82 Å². The molecule has 1 aromatic carbocycles. The number of aliphatic hydroxyl groups is 1. The van der Waals surface area contributed by atoms with Crippen molar-refractivity contribution in [3.63, 3.8) is 0 Å². The first-order valence-corrected chi connectivity index (χ1v) is 9.51. The summed E-state index contributed by atoms with van der Waals surface area (Å²) in [5.74, 6) is -0.240. The first-order valence-electron chi connectivity index (χ1n) is 8.69. The van der Waals surface area contributed by atoms with Crippen molar-refractivity contribution in [1.82, 2.24) is 14.8 Å². The van der Waals surface area contributed by atoms with Gasteiger partial charge in [-0.05, 0) is 44.6 Å². The van der Waals surface area contributed by atoms with Crippen LogP contribution >= 0.6 is 11.3 Å². The van der Waals surface area contributed by atoms with Gasteiger partial charge in [0.25, 0.3) is 0 Å². The molecule has 6 heteroatoms. The van der Waals surface area contributed by atoms with Crippen LogP contribution in [0.3, 0.4) is 0 Å². The standard InChI is InChI=1S/C19H26FN3OS/c1-22(2)13-17-12-21-18(25-17)14-23-8-6-19(24,7-9-23)11-15-4-3-5-16(20)10-15/h3-5,10,12,24H,6-9,11,13-14H2,1-2H3. The van der Waals surface area contributed by atoms with Gasteiger partial charge in [-0.3, -0.25) is 4.90 Å². The molecule has 25 heavy (non-hydrogen) atoms. The van der Waals surface area contributed by atoms with Gasteiger partial charge in [0.2, 0.25) is 0 Å². The van der Waals surface area contributed by atoms with Crippen LogP contribution in [0.5, 0.6) is 0 Å². The second-order valence-corrected chi connectivity index (χ2v) is 8.47. The van der Waals surface area contributed by atoms with Crippen molar-refractivity contribution in [1.29, 1.82) is 0 Å². The van der Waals surface area contributed by atoms with Crippen LogP contribution in [0, 0.1) is 5.82 Å². The van der Waals surface area contributed by atoms with Gasteiger partial charge in [0.15, 0.2) is 0 Å². The highest BCUT2D eigenvalue weighted by molar-refractivity contribution is 7.11. The lowest BCUT2D eigenvalue weighted by atomic mass is 9.85. The van der Waals surface area contributed by atoms with E-state index in [1.165, 1.54) is 17.0 Å². The molecule has 1 aromatic heterocycles. The van der Waals surface area contributed by atoms with Crippen LogP contribution in [0.4, 0.5) is 4.39 Å². The van der Waals surface area contributed by atoms with E-state index in [0.717, 1.165) is 36.8 Å². The minimum atomic E-state index is -0.733. The Bertz CT molecular complexity index is 695. The van der Waals surface area contributed by atoms with Gasteiger partial charge in [-0.25, -0.2) is 9.37 Å². The Morgan fingerprint density at radius 2 is 2.08 bits per heavy atom. The summed E-state index contributed by atoms with van der Waals surface area (Å²) in [5.41, 5.74) is 0.132. The number of likely N-dealkylation sites (tertiary alicyclic amines) is 1. The van der Waals surface area contributed by atoms with Crippen LogP contribution < -0.4 is 0 Å². The average Bonchev–Trinajstić information content (AvgIpc) is 2.96. The van der Waals surface area contributed by atoms with Crippen molar-refractivity contribution in [2.75, 3.05) is 27.2 Å². The van der Waals surface area contributed by atoms with E-state index >= 15 is 0 Å². The number of halogens is 1. The smallest absolute Gasteiger partial charge is 0.123 e. The molecule has 2 aromatic rings. The van der Waals surface area contributed by atoms with E-state index in [1.807, 2.05) is 12.3 Å². The topological polar surface area (TPSA) is 39.6 Å². The van der Waals surface area contributed by atoms with Crippen LogP contribution in [-0.4, -0.2) is 52.7 Å². The lowest BCUT2D eigenvalue weighted by Crippen LogP contribution is -2.45. The largest absolute Gasteiger partial charge is 0.389 e. The summed E-state index contributed by atoms with van der Waals surface area (Å²) in [6.07, 6.45) is 3.89. The Balaban J connectivity index is 1.52. The maximum atomic E-state index is 13.3. The number of thiazole rings is 1. The van der Waals surface area contributed by atoms with Gasteiger partial charge >= 0.3 is 0 Å². The van der Waals surface area contributed by atoms with Crippen molar-refractivity contribution >= 4 is 11.3 Å². The molecule has 0 amide bonds. The van der Waals surface area contributed by atoms with E-state index in [1.54, 1.807) is 17.4 Å². The Morgan fingerprint density at radius 3 is 2.76 bits per heavy atom. The van der Waals surface area contributed by atoms with E-state index < -0.39 is 5.60 Å². The van der Waals surface area contributed by atoms with Gasteiger partial charge in [0.1, 0.15) is 10.8 Å². The lowest BCUT2D eigenvalue weighted by molar-refractivity contribution is -0.0225. The predicted molar refractivity (Wildman–Crippen MR) is 99.1 cm³/mol. The molecule has 0 bridgehead atoms. The molecule has 0 saturated carbocycles. The molecular formula is C19H26FN3OS. The van der Waals surface area contributed by atoms with Crippen molar-refractivity contribution < 1.29 is 9.50 Å². The van der Waals surface area contributed by atoms with Crippen molar-refractivity contribution in [2.45, 2.75) is 38.0 Å². The zero-order chi connectivity index (χ0) is 17.9. The van der Waals surface area contributed by atoms with E-state index in [0.29, 0.717) is 19.3 Å². The summed E-state index contributed by atoms with van der Waals surface area (Å²) in [5, 5.41) is 12.0. The molecule has 1 aliphatic heterocycles. The van der Waals surface area contributed by atoms with E-state index in [9.17, 15) is 9.50 Å². The molecule has 0 atom stereocenters. The molecular weight excluding hydrogens is 337 g/mol. The number of rotatable bonds is 6. The number of benzene rings is 1. The van der Waals surface area contributed by atoms with Gasteiger partial charge in [-0.1, -0.05) is 12.1 Å². The fourth-order valence-electron chi connectivity index (χ4n) is 3.33. The predicted octanol–water partition coefficient (Wildman–Crippen LogP) is 2.91. The third kappa shape index (κ3) is 5.31. The quantitative estimate of drug-likeness (QED) is 0.857. The van der Waals surface area contributed by atoms with Crippen molar-refractivity contribution in [2.24, 2.45) is 0 Å². The number of nitrogens with zero attached hydrogens (tertiary/aromatic N) is 3. The molecule has 1 saturated heterocycles. The molecule has 0 spiro atoms. The van der Waals surface area contributed by atoms with Gasteiger partial charge in [-0.15, -0.1) is 11.3 Å². The minimum absolute atomic E-state index is 0.240. The molecule has 1 aliphatic rings. The van der Waals surface area contributed by atoms with Crippen LogP contribution in [0.25, 0.3) is 0 Å². The normalized spacial score (nSPS) is 18.0. The Kier molecular flexibility index (Phi) is 5.84. The molecule has 0 aliphatic carbocycles. The molecule has 4 nitrogen and oxygen atoms in total. The minimum Gasteiger partial charge on any atom is -0.389 e. The molecule has 1 fully saturated rings. The fraction of sp³-hybridized carbons (Fsp3) is 0.526. The van der Waals surface area contributed by atoms with E-state index in [2.05, 4.69) is 28.9 Å². The van der Waals surface area contributed by atoms with Crippen LogP contribution in [0.15, 0.2) is 30.5 Å². The van der Waals surface area contributed by atoms with Crippen molar-refractivity contribution in [3.05, 3.63) is 51.7 Å². The van der Waals surface area contributed by atoms with Gasteiger partial charge in [0, 0.05) is 37.1 Å². The summed E-state index contributed by atoms with van der Waals surface area (Å²) < 4.78 is 13.3. The van der Waals surface area contributed by atoms with Gasteiger partial charge in [0.05, 0.1) is 12.1 Å². The molecule has 3 rings (SSSR count). The number of aromatic nitrogens is 1. The zero-order valence-electron chi connectivity index (χ0n) is 14.9. The lowest BCUT2D eigenvalue weighted by Gasteiger charge is -2.38. The average molecular weight is 364 g/mol. The fourth-order valence-corrected chi connectivity index (χ4v) is 4.41. The van der Waals surface area contributed by atoms with Crippen LogP contribution in [0.1, 0.15) is 28.3 Å². The zero-order valence-corrected chi connectivity index (χ0v) is 15.7. The Hall–Kier alpha value is -1.34. The second-order valence-electron chi connectivity index (χ2n) is 7.27. The molecule has 0 unspecified atom stereocenters. The molecule has 136 valence electrons. The summed E-state index contributed by atoms with van der Waals surface area (Å²) >= 11 is 1.76. The monoisotopic (exact) mass is 363 g/mol. The maximum Gasteiger partial charge on any atom is 0.123 e. The maximum absolute atomic E-state index is 13.3. The van der Waals surface area contributed by atoms with Crippen LogP contribution in [-0.2, 0) is 19.5 Å². The first kappa shape index (κ1) is 18.5. The Morgan fingerprint density at radius 1 is 1.32 bits per heavy atom. The van der Waals surface area contributed by atoms with E-state index in [4.69, 9.17) is 0 Å². The highest BCUT2D eigenvalue weighted by Gasteiger charge is 2.32. The summed E-state index contributed by atoms with van der Waals surface area (Å²) in [6.45, 7) is 3.45. The second kappa shape index (κ2) is 7.91. The first-order chi connectivity index (χ1) is 11.9. The number of piperidine rings is 1. The third-order valence-corrected chi connectivity index (χ3v) is 5.61. The highest BCUT2D eigenvalue weighted by atomic mass is 32.1. The summed E-state index contributed by atoms with van der Waals surface area (Å²) in [7, 11) is 4.12. The summed E-state index contributed by atoms with van der Waals surface area (Å²) in [6, 6.07) is 6.55. The number of hydrogen-bond acceptors (Lipinski definition) is 5. The van der Waals surface area contributed by atoms with Crippen LogP contribution in [0.2, 0.25) is 0 Å².